The predicted molar refractivity (Wildman–Crippen MR) is 108 cm³/mol. The van der Waals surface area contributed by atoms with Crippen molar-refractivity contribution < 1.29 is 4.79 Å². The van der Waals surface area contributed by atoms with Crippen molar-refractivity contribution in [3.8, 4) is 0 Å². The van der Waals surface area contributed by atoms with Crippen LogP contribution in [-0.4, -0.2) is 36.4 Å². The molecule has 0 saturated carbocycles. The number of guanidine groups is 1. The second-order valence-corrected chi connectivity index (χ2v) is 7.21. The van der Waals surface area contributed by atoms with Crippen LogP contribution in [0.15, 0.2) is 29.3 Å². The Kier molecular flexibility index (Phi) is 8.45. The highest BCUT2D eigenvalue weighted by Gasteiger charge is 2.19. The van der Waals surface area contributed by atoms with Gasteiger partial charge in [0.1, 0.15) is 0 Å². The monoisotopic (exact) mass is 358 g/mol. The number of carbonyl (C=O) groups excluding carboxylic acids is 1. The van der Waals surface area contributed by atoms with Crippen molar-refractivity contribution in [2.24, 2.45) is 4.99 Å². The van der Waals surface area contributed by atoms with Crippen LogP contribution in [0.25, 0.3) is 0 Å². The van der Waals surface area contributed by atoms with Gasteiger partial charge in [0.25, 0.3) is 0 Å². The fourth-order valence-electron chi connectivity index (χ4n) is 3.32. The third-order valence-corrected chi connectivity index (χ3v) is 4.84. The molecule has 2 N–H and O–H groups in total. The van der Waals surface area contributed by atoms with Crippen molar-refractivity contribution in [3.05, 3.63) is 35.4 Å². The SMILES string of the molecule is CCCCCC(C)NC(=NC)NCc1cccc(CN2CCCC2=O)c1. The highest BCUT2D eigenvalue weighted by Crippen LogP contribution is 2.15. The number of hydrogen-bond acceptors (Lipinski definition) is 2. The lowest BCUT2D eigenvalue weighted by atomic mass is 10.1. The Balaban J connectivity index is 1.81. The fourth-order valence-corrected chi connectivity index (χ4v) is 3.32. The van der Waals surface area contributed by atoms with E-state index in [1.807, 2.05) is 11.9 Å². The lowest BCUT2D eigenvalue weighted by molar-refractivity contribution is -0.128. The van der Waals surface area contributed by atoms with Crippen molar-refractivity contribution >= 4 is 11.9 Å². The molecule has 1 saturated heterocycles. The highest BCUT2D eigenvalue weighted by molar-refractivity contribution is 5.80. The average molecular weight is 359 g/mol. The standard InChI is InChI=1S/C21H34N4O/c1-4-5-6-9-17(2)24-21(22-3)23-15-18-10-7-11-19(14-18)16-25-13-8-12-20(25)26/h7,10-11,14,17H,4-6,8-9,12-13,15-16H2,1-3H3,(H2,22,23,24). The zero-order valence-corrected chi connectivity index (χ0v) is 16.6. The minimum atomic E-state index is 0.273. The number of nitrogens with one attached hydrogen (secondary N) is 2. The summed E-state index contributed by atoms with van der Waals surface area (Å²) in [7, 11) is 1.81. The number of amides is 1. The number of aliphatic imine (C=N–C) groups is 1. The van der Waals surface area contributed by atoms with E-state index < -0.39 is 0 Å². The maximum atomic E-state index is 11.8. The van der Waals surface area contributed by atoms with Gasteiger partial charge in [0, 0.05) is 39.1 Å². The number of unbranched alkanes of at least 4 members (excludes halogenated alkanes) is 2. The van der Waals surface area contributed by atoms with Crippen LogP contribution in [0, 0.1) is 0 Å². The maximum absolute atomic E-state index is 11.8. The van der Waals surface area contributed by atoms with Gasteiger partial charge in [-0.3, -0.25) is 9.79 Å². The first-order valence-electron chi connectivity index (χ1n) is 9.95. The molecular formula is C21H34N4O. The molecule has 5 nitrogen and oxygen atoms in total. The van der Waals surface area contributed by atoms with Gasteiger partial charge in [-0.15, -0.1) is 0 Å². The van der Waals surface area contributed by atoms with Crippen LogP contribution in [0.1, 0.15) is 63.5 Å². The summed E-state index contributed by atoms with van der Waals surface area (Å²) >= 11 is 0. The van der Waals surface area contributed by atoms with Crippen LogP contribution in [-0.2, 0) is 17.9 Å². The molecule has 1 fully saturated rings. The van der Waals surface area contributed by atoms with Gasteiger partial charge in [0.15, 0.2) is 5.96 Å². The van der Waals surface area contributed by atoms with Gasteiger partial charge in [-0.25, -0.2) is 0 Å². The summed E-state index contributed by atoms with van der Waals surface area (Å²) in [5, 5.41) is 6.86. The van der Waals surface area contributed by atoms with Gasteiger partial charge in [0.2, 0.25) is 5.91 Å². The van der Waals surface area contributed by atoms with E-state index in [1.54, 1.807) is 0 Å². The summed E-state index contributed by atoms with van der Waals surface area (Å²) in [5.41, 5.74) is 2.39. The van der Waals surface area contributed by atoms with Gasteiger partial charge in [-0.1, -0.05) is 50.5 Å². The lowest BCUT2D eigenvalue weighted by Gasteiger charge is -2.19. The molecule has 1 amide bonds. The normalized spacial score (nSPS) is 16.0. The Morgan fingerprint density at radius 1 is 1.31 bits per heavy atom. The van der Waals surface area contributed by atoms with Crippen LogP contribution in [0.2, 0.25) is 0 Å². The summed E-state index contributed by atoms with van der Waals surface area (Å²) in [6, 6.07) is 8.87. The summed E-state index contributed by atoms with van der Waals surface area (Å²) in [4.78, 5) is 18.1. The maximum Gasteiger partial charge on any atom is 0.222 e. The van der Waals surface area contributed by atoms with Crippen LogP contribution in [0.4, 0.5) is 0 Å². The second-order valence-electron chi connectivity index (χ2n) is 7.21. The van der Waals surface area contributed by atoms with Crippen molar-refractivity contribution in [3.63, 3.8) is 0 Å². The van der Waals surface area contributed by atoms with Crippen molar-refractivity contribution in [1.82, 2.24) is 15.5 Å². The van der Waals surface area contributed by atoms with Crippen LogP contribution in [0.5, 0.6) is 0 Å². The summed E-state index contributed by atoms with van der Waals surface area (Å²) in [6.45, 7) is 6.76. The smallest absolute Gasteiger partial charge is 0.222 e. The molecule has 5 heteroatoms. The van der Waals surface area contributed by atoms with E-state index in [2.05, 4.69) is 53.7 Å². The first-order chi connectivity index (χ1) is 12.6. The zero-order chi connectivity index (χ0) is 18.8. The Labute approximate surface area is 158 Å². The van der Waals surface area contributed by atoms with Crippen LogP contribution in [0.3, 0.4) is 0 Å². The molecule has 1 unspecified atom stereocenters. The predicted octanol–water partition coefficient (Wildman–Crippen LogP) is 3.44. The van der Waals surface area contributed by atoms with E-state index >= 15 is 0 Å². The largest absolute Gasteiger partial charge is 0.354 e. The van der Waals surface area contributed by atoms with E-state index in [1.165, 1.54) is 30.4 Å². The topological polar surface area (TPSA) is 56.7 Å². The van der Waals surface area contributed by atoms with Gasteiger partial charge < -0.3 is 15.5 Å². The van der Waals surface area contributed by atoms with Crippen molar-refractivity contribution in [2.45, 2.75) is 71.5 Å². The highest BCUT2D eigenvalue weighted by atomic mass is 16.2. The van der Waals surface area contributed by atoms with Gasteiger partial charge in [-0.05, 0) is 30.9 Å². The number of benzene rings is 1. The van der Waals surface area contributed by atoms with Gasteiger partial charge >= 0.3 is 0 Å². The second kappa shape index (κ2) is 10.8. The molecule has 0 aromatic heterocycles. The lowest BCUT2D eigenvalue weighted by Crippen LogP contribution is -2.41. The molecule has 1 aliphatic heterocycles. The number of hydrogen-bond donors (Lipinski definition) is 2. The molecule has 0 bridgehead atoms. The third-order valence-electron chi connectivity index (χ3n) is 4.84. The molecular weight excluding hydrogens is 324 g/mol. The number of carbonyl (C=O) groups is 1. The average Bonchev–Trinajstić information content (AvgIpc) is 3.04. The minimum Gasteiger partial charge on any atom is -0.354 e. The van der Waals surface area contributed by atoms with E-state index in [9.17, 15) is 4.79 Å². The Bertz CT molecular complexity index is 599. The number of nitrogens with zero attached hydrogens (tertiary/aromatic N) is 2. The summed E-state index contributed by atoms with van der Waals surface area (Å²) in [5.74, 6) is 1.12. The van der Waals surface area contributed by atoms with Crippen molar-refractivity contribution in [1.29, 1.82) is 0 Å². The summed E-state index contributed by atoms with van der Waals surface area (Å²) < 4.78 is 0. The third kappa shape index (κ3) is 6.70. The van der Waals surface area contributed by atoms with E-state index in [-0.39, 0.29) is 5.91 Å². The molecule has 1 aliphatic rings. The van der Waals surface area contributed by atoms with E-state index in [0.717, 1.165) is 31.9 Å². The zero-order valence-electron chi connectivity index (χ0n) is 16.6. The number of likely N-dealkylation sites (tertiary alicyclic amines) is 1. The van der Waals surface area contributed by atoms with Gasteiger partial charge in [-0.2, -0.15) is 0 Å². The summed E-state index contributed by atoms with van der Waals surface area (Å²) in [6.07, 6.45) is 6.62. The van der Waals surface area contributed by atoms with E-state index in [4.69, 9.17) is 0 Å². The molecule has 2 rings (SSSR count). The number of rotatable bonds is 9. The molecule has 0 aliphatic carbocycles. The van der Waals surface area contributed by atoms with E-state index in [0.29, 0.717) is 19.0 Å². The molecule has 1 aromatic rings. The molecule has 0 spiro atoms. The molecule has 1 heterocycles. The molecule has 0 radical (unpaired) electrons. The van der Waals surface area contributed by atoms with Crippen LogP contribution >= 0.6 is 0 Å². The molecule has 26 heavy (non-hydrogen) atoms. The van der Waals surface area contributed by atoms with Gasteiger partial charge in [0.05, 0.1) is 0 Å². The fraction of sp³-hybridized carbons (Fsp3) is 0.619. The molecule has 1 atom stereocenters. The first-order valence-corrected chi connectivity index (χ1v) is 9.95. The van der Waals surface area contributed by atoms with Crippen molar-refractivity contribution in [2.75, 3.05) is 13.6 Å². The molecule has 1 aromatic carbocycles. The van der Waals surface area contributed by atoms with Crippen LogP contribution < -0.4 is 10.6 Å². The first kappa shape index (κ1) is 20.3. The molecule has 144 valence electrons. The quantitative estimate of drug-likeness (QED) is 0.404. The Morgan fingerprint density at radius 3 is 2.81 bits per heavy atom. The Hall–Kier alpha value is -2.04. The Morgan fingerprint density at radius 2 is 2.12 bits per heavy atom. The minimum absolute atomic E-state index is 0.273.